The summed E-state index contributed by atoms with van der Waals surface area (Å²) in [6, 6.07) is 18.7. The van der Waals surface area contributed by atoms with Crippen molar-refractivity contribution in [3.05, 3.63) is 72.1 Å². The minimum atomic E-state index is 0.699. The van der Waals surface area contributed by atoms with Gasteiger partial charge in [0.05, 0.1) is 0 Å². The van der Waals surface area contributed by atoms with Gasteiger partial charge >= 0.3 is 0 Å². The number of rotatable bonds is 6. The van der Waals surface area contributed by atoms with E-state index in [0.29, 0.717) is 12.1 Å². The van der Waals surface area contributed by atoms with Crippen molar-refractivity contribution in [3.8, 4) is 0 Å². The Balaban J connectivity index is 1.21. The van der Waals surface area contributed by atoms with Gasteiger partial charge in [0.15, 0.2) is 0 Å². The summed E-state index contributed by atoms with van der Waals surface area (Å²) in [6.45, 7) is 0. The van der Waals surface area contributed by atoms with Crippen LogP contribution in [0.2, 0.25) is 0 Å². The molecule has 2 aromatic carbocycles. The molecule has 0 aliphatic carbocycles. The summed E-state index contributed by atoms with van der Waals surface area (Å²) in [5.74, 6) is 0. The molecule has 0 bridgehead atoms. The number of para-hydroxylation sites is 2. The number of piperidine rings is 1. The van der Waals surface area contributed by atoms with E-state index in [0.717, 1.165) is 12.8 Å². The van der Waals surface area contributed by atoms with Gasteiger partial charge in [0.1, 0.15) is 0 Å². The van der Waals surface area contributed by atoms with Crippen LogP contribution in [0.25, 0.3) is 21.8 Å². The van der Waals surface area contributed by atoms with Crippen LogP contribution >= 0.6 is 0 Å². The highest BCUT2D eigenvalue weighted by Gasteiger charge is 2.27. The van der Waals surface area contributed by atoms with Crippen LogP contribution in [0.4, 0.5) is 0 Å². The number of aromatic nitrogens is 2. The average molecular weight is 386 g/mol. The van der Waals surface area contributed by atoms with Gasteiger partial charge in [-0.1, -0.05) is 42.8 Å². The zero-order valence-electron chi connectivity index (χ0n) is 17.3. The number of aryl methyl sites for hydroxylation is 2. The van der Waals surface area contributed by atoms with Crippen molar-refractivity contribution in [1.29, 1.82) is 0 Å². The normalized spacial score (nSPS) is 20.6. The number of nitrogens with zero attached hydrogens (tertiary/aromatic N) is 1. The topological polar surface area (TPSA) is 34.8 Å². The van der Waals surface area contributed by atoms with Crippen molar-refractivity contribution in [3.63, 3.8) is 0 Å². The fourth-order valence-electron chi connectivity index (χ4n) is 5.31. The third kappa shape index (κ3) is 3.72. The quantitative estimate of drug-likeness (QED) is 0.415. The summed E-state index contributed by atoms with van der Waals surface area (Å²) in [7, 11) is 2.36. The van der Waals surface area contributed by atoms with Crippen molar-refractivity contribution < 1.29 is 0 Å². The first-order chi connectivity index (χ1) is 14.3. The molecule has 1 fully saturated rings. The number of fused-ring (bicyclic) bond motifs is 2. The van der Waals surface area contributed by atoms with Gasteiger partial charge in [-0.15, -0.1) is 0 Å². The molecule has 1 saturated heterocycles. The maximum atomic E-state index is 3.43. The van der Waals surface area contributed by atoms with Crippen molar-refractivity contribution in [2.45, 2.75) is 57.0 Å². The van der Waals surface area contributed by atoms with E-state index in [1.807, 2.05) is 0 Å². The Morgan fingerprint density at radius 3 is 1.76 bits per heavy atom. The molecular formula is C26H31N3. The van der Waals surface area contributed by atoms with Crippen molar-refractivity contribution >= 4 is 21.8 Å². The molecule has 2 N–H and O–H groups in total. The molecule has 4 aromatic rings. The molecule has 0 saturated carbocycles. The lowest BCUT2D eigenvalue weighted by Gasteiger charge is -2.40. The van der Waals surface area contributed by atoms with Gasteiger partial charge in [-0.3, -0.25) is 0 Å². The first-order valence-electron chi connectivity index (χ1n) is 11.1. The largest absolute Gasteiger partial charge is 0.361 e. The van der Waals surface area contributed by atoms with E-state index in [4.69, 9.17) is 0 Å². The SMILES string of the molecule is CN1C(CCc2c[nH]c3ccccc23)CCCC1CCc1c[nH]c2ccccc12. The van der Waals surface area contributed by atoms with Crippen LogP contribution in [0.3, 0.4) is 0 Å². The van der Waals surface area contributed by atoms with Crippen molar-refractivity contribution in [2.75, 3.05) is 7.05 Å². The second kappa shape index (κ2) is 8.08. The lowest BCUT2D eigenvalue weighted by molar-refractivity contribution is 0.103. The molecule has 1 aliphatic heterocycles. The van der Waals surface area contributed by atoms with Crippen LogP contribution in [0.5, 0.6) is 0 Å². The summed E-state index contributed by atoms with van der Waals surface area (Å²) in [5, 5.41) is 2.78. The Labute approximate surface area is 173 Å². The Bertz CT molecular complexity index is 1000. The highest BCUT2D eigenvalue weighted by molar-refractivity contribution is 5.83. The molecule has 29 heavy (non-hydrogen) atoms. The van der Waals surface area contributed by atoms with E-state index in [1.165, 1.54) is 65.0 Å². The summed E-state index contributed by atoms with van der Waals surface area (Å²) >= 11 is 0. The summed E-state index contributed by atoms with van der Waals surface area (Å²) in [4.78, 5) is 9.55. The first-order valence-corrected chi connectivity index (χ1v) is 11.1. The highest BCUT2D eigenvalue weighted by Crippen LogP contribution is 2.29. The second-order valence-electron chi connectivity index (χ2n) is 8.70. The Kier molecular flexibility index (Phi) is 5.15. The number of benzene rings is 2. The van der Waals surface area contributed by atoms with E-state index in [2.05, 4.69) is 82.8 Å². The van der Waals surface area contributed by atoms with Gasteiger partial charge in [-0.2, -0.15) is 0 Å². The van der Waals surface area contributed by atoms with E-state index in [1.54, 1.807) is 0 Å². The third-order valence-electron chi connectivity index (χ3n) is 7.07. The minimum Gasteiger partial charge on any atom is -0.361 e. The fourth-order valence-corrected chi connectivity index (χ4v) is 5.31. The van der Waals surface area contributed by atoms with E-state index in [9.17, 15) is 0 Å². The molecule has 0 spiro atoms. The molecule has 1 aliphatic rings. The molecule has 3 heteroatoms. The van der Waals surface area contributed by atoms with Crippen LogP contribution in [-0.2, 0) is 12.8 Å². The van der Waals surface area contributed by atoms with Crippen LogP contribution in [0, 0.1) is 0 Å². The number of aromatic amines is 2. The summed E-state index contributed by atoms with van der Waals surface area (Å²) < 4.78 is 0. The average Bonchev–Trinajstić information content (AvgIpc) is 3.36. The molecule has 5 rings (SSSR count). The number of hydrogen-bond donors (Lipinski definition) is 2. The summed E-state index contributed by atoms with van der Waals surface area (Å²) in [6.07, 6.45) is 13.3. The molecule has 0 amide bonds. The van der Waals surface area contributed by atoms with Gasteiger partial charge in [-0.05, 0) is 68.8 Å². The lowest BCUT2D eigenvalue weighted by Crippen LogP contribution is -2.44. The lowest BCUT2D eigenvalue weighted by atomic mass is 9.89. The molecule has 2 atom stereocenters. The zero-order chi connectivity index (χ0) is 19.6. The van der Waals surface area contributed by atoms with Crippen LogP contribution < -0.4 is 0 Å². The predicted octanol–water partition coefficient (Wildman–Crippen LogP) is 6.07. The zero-order valence-corrected chi connectivity index (χ0v) is 17.3. The molecule has 0 radical (unpaired) electrons. The summed E-state index contributed by atoms with van der Waals surface area (Å²) in [5.41, 5.74) is 5.46. The Morgan fingerprint density at radius 2 is 1.24 bits per heavy atom. The predicted molar refractivity (Wildman–Crippen MR) is 122 cm³/mol. The molecule has 2 unspecified atom stereocenters. The molecular weight excluding hydrogens is 354 g/mol. The van der Waals surface area contributed by atoms with Gasteiger partial charge < -0.3 is 14.9 Å². The van der Waals surface area contributed by atoms with Crippen molar-refractivity contribution in [2.24, 2.45) is 0 Å². The van der Waals surface area contributed by atoms with Crippen LogP contribution in [0.15, 0.2) is 60.9 Å². The van der Waals surface area contributed by atoms with Gasteiger partial charge in [-0.25, -0.2) is 0 Å². The number of hydrogen-bond acceptors (Lipinski definition) is 1. The van der Waals surface area contributed by atoms with Gasteiger partial charge in [0.25, 0.3) is 0 Å². The number of likely N-dealkylation sites (tertiary alicyclic amines) is 1. The maximum Gasteiger partial charge on any atom is 0.0456 e. The fraction of sp³-hybridized carbons (Fsp3) is 0.385. The standard InChI is InChI=1S/C26H31N3/c1-29-21(15-13-19-17-27-25-11-4-2-9-23(19)25)7-6-8-22(29)16-14-20-18-28-26-12-5-3-10-24(20)26/h2-5,9-12,17-18,21-22,27-28H,6-8,13-16H2,1H3. The molecule has 3 nitrogen and oxygen atoms in total. The van der Waals surface area contributed by atoms with E-state index in [-0.39, 0.29) is 0 Å². The first kappa shape index (κ1) is 18.5. The molecule has 150 valence electrons. The molecule has 3 heterocycles. The second-order valence-corrected chi connectivity index (χ2v) is 8.70. The maximum absolute atomic E-state index is 3.43. The smallest absolute Gasteiger partial charge is 0.0456 e. The molecule has 2 aromatic heterocycles. The van der Waals surface area contributed by atoms with Crippen molar-refractivity contribution in [1.82, 2.24) is 14.9 Å². The minimum absolute atomic E-state index is 0.699. The highest BCUT2D eigenvalue weighted by atomic mass is 15.2. The third-order valence-corrected chi connectivity index (χ3v) is 7.07. The van der Waals surface area contributed by atoms with Crippen LogP contribution in [-0.4, -0.2) is 34.0 Å². The van der Waals surface area contributed by atoms with Crippen LogP contribution in [0.1, 0.15) is 43.2 Å². The number of nitrogens with one attached hydrogen (secondary N) is 2. The number of H-pyrrole nitrogens is 2. The Hall–Kier alpha value is -2.52. The monoisotopic (exact) mass is 385 g/mol. The van der Waals surface area contributed by atoms with E-state index < -0.39 is 0 Å². The Morgan fingerprint density at radius 1 is 0.759 bits per heavy atom. The van der Waals surface area contributed by atoms with Gasteiger partial charge in [0.2, 0.25) is 0 Å². The van der Waals surface area contributed by atoms with E-state index >= 15 is 0 Å². The van der Waals surface area contributed by atoms with Gasteiger partial charge in [0, 0.05) is 46.3 Å².